The van der Waals surface area contributed by atoms with E-state index in [-0.39, 0.29) is 11.7 Å². The highest BCUT2D eigenvalue weighted by atomic mass is 19.1. The summed E-state index contributed by atoms with van der Waals surface area (Å²) in [7, 11) is 1.37. The van der Waals surface area contributed by atoms with Crippen LogP contribution in [0.25, 0.3) is 5.69 Å². The summed E-state index contributed by atoms with van der Waals surface area (Å²) < 4.78 is 20.4. The van der Waals surface area contributed by atoms with Crippen LogP contribution in [0.4, 0.5) is 10.1 Å². The van der Waals surface area contributed by atoms with Gasteiger partial charge in [0, 0.05) is 17.7 Å². The van der Waals surface area contributed by atoms with Crippen LogP contribution >= 0.6 is 0 Å². The van der Waals surface area contributed by atoms with Gasteiger partial charge >= 0.3 is 5.97 Å². The summed E-state index contributed by atoms with van der Waals surface area (Å²) in [5, 5.41) is 7.17. The quantitative estimate of drug-likeness (QED) is 0.616. The van der Waals surface area contributed by atoms with Crippen LogP contribution in [0.2, 0.25) is 0 Å². The van der Waals surface area contributed by atoms with Crippen LogP contribution in [0.1, 0.15) is 39.3 Å². The molecule has 3 rings (SSSR count). The van der Waals surface area contributed by atoms with Gasteiger partial charge < -0.3 is 10.1 Å². The highest BCUT2D eigenvalue weighted by molar-refractivity contribution is 6.04. The number of carbonyl (C=O) groups excluding carboxylic acids is 2. The Bertz CT molecular complexity index is 1090. The first-order valence-corrected chi connectivity index (χ1v) is 9.60. The Morgan fingerprint density at radius 1 is 1.10 bits per heavy atom. The number of hydrogen-bond acceptors (Lipinski definition) is 4. The van der Waals surface area contributed by atoms with Crippen molar-refractivity contribution in [1.82, 2.24) is 9.78 Å². The molecule has 0 fully saturated rings. The highest BCUT2D eigenvalue weighted by Crippen LogP contribution is 2.21. The van der Waals surface area contributed by atoms with E-state index < -0.39 is 11.7 Å². The van der Waals surface area contributed by atoms with Gasteiger partial charge in [-0.15, -0.1) is 0 Å². The van der Waals surface area contributed by atoms with E-state index in [1.807, 2.05) is 20.8 Å². The Hall–Kier alpha value is -3.48. The zero-order valence-corrected chi connectivity index (χ0v) is 17.5. The SMILES string of the molecule is COC(=O)CCc1c(C)nn(-c2ccc(C(=O)Nc3cc(C)ccc3F)cc2)c1C. The Labute approximate surface area is 174 Å². The van der Waals surface area contributed by atoms with Crippen molar-refractivity contribution in [3.05, 3.63) is 76.4 Å². The molecule has 30 heavy (non-hydrogen) atoms. The first-order chi connectivity index (χ1) is 14.3. The van der Waals surface area contributed by atoms with Gasteiger partial charge in [-0.2, -0.15) is 5.10 Å². The third kappa shape index (κ3) is 4.56. The van der Waals surface area contributed by atoms with Crippen molar-refractivity contribution in [3.63, 3.8) is 0 Å². The Morgan fingerprint density at radius 2 is 1.80 bits per heavy atom. The minimum absolute atomic E-state index is 0.151. The van der Waals surface area contributed by atoms with Crippen molar-refractivity contribution in [2.24, 2.45) is 0 Å². The molecular formula is C23H24FN3O3. The van der Waals surface area contributed by atoms with E-state index in [0.29, 0.717) is 18.4 Å². The van der Waals surface area contributed by atoms with Crippen LogP contribution in [-0.4, -0.2) is 28.8 Å². The molecule has 0 aliphatic rings. The molecule has 6 nitrogen and oxygen atoms in total. The molecule has 2 aromatic carbocycles. The van der Waals surface area contributed by atoms with Gasteiger partial charge in [-0.3, -0.25) is 9.59 Å². The first-order valence-electron chi connectivity index (χ1n) is 9.60. The lowest BCUT2D eigenvalue weighted by Gasteiger charge is -2.09. The smallest absolute Gasteiger partial charge is 0.305 e. The van der Waals surface area contributed by atoms with Gasteiger partial charge in [0.25, 0.3) is 5.91 Å². The molecule has 1 N–H and O–H groups in total. The second-order valence-corrected chi connectivity index (χ2v) is 7.12. The van der Waals surface area contributed by atoms with Gasteiger partial charge in [-0.05, 0) is 74.7 Å². The number of aryl methyl sites for hydroxylation is 2. The van der Waals surface area contributed by atoms with Crippen molar-refractivity contribution < 1.29 is 18.7 Å². The number of amides is 1. The Kier molecular flexibility index (Phi) is 6.30. The lowest BCUT2D eigenvalue weighted by atomic mass is 10.1. The predicted molar refractivity (Wildman–Crippen MR) is 112 cm³/mol. The maximum Gasteiger partial charge on any atom is 0.305 e. The second kappa shape index (κ2) is 8.90. The van der Waals surface area contributed by atoms with Crippen molar-refractivity contribution in [3.8, 4) is 5.69 Å². The molecule has 1 aromatic heterocycles. The average molecular weight is 409 g/mol. The molecule has 1 heterocycles. The van der Waals surface area contributed by atoms with Crippen LogP contribution < -0.4 is 5.32 Å². The van der Waals surface area contributed by atoms with E-state index in [2.05, 4.69) is 10.4 Å². The molecule has 0 saturated carbocycles. The maximum atomic E-state index is 13.9. The fourth-order valence-corrected chi connectivity index (χ4v) is 3.30. The van der Waals surface area contributed by atoms with E-state index in [0.717, 1.165) is 28.2 Å². The molecule has 156 valence electrons. The number of esters is 1. The fraction of sp³-hybridized carbons (Fsp3) is 0.261. The molecule has 0 bridgehead atoms. The number of aromatic nitrogens is 2. The zero-order valence-electron chi connectivity index (χ0n) is 17.5. The highest BCUT2D eigenvalue weighted by Gasteiger charge is 2.15. The van der Waals surface area contributed by atoms with Crippen LogP contribution in [0.5, 0.6) is 0 Å². The molecule has 0 atom stereocenters. The number of carbonyl (C=O) groups is 2. The largest absolute Gasteiger partial charge is 0.469 e. The zero-order chi connectivity index (χ0) is 21.8. The number of rotatable bonds is 6. The molecule has 0 aliphatic heterocycles. The summed E-state index contributed by atoms with van der Waals surface area (Å²) in [5.41, 5.74) is 4.97. The lowest BCUT2D eigenvalue weighted by molar-refractivity contribution is -0.140. The Morgan fingerprint density at radius 3 is 2.47 bits per heavy atom. The predicted octanol–water partition coefficient (Wildman–Crippen LogP) is 4.29. The van der Waals surface area contributed by atoms with Crippen LogP contribution in [0.15, 0.2) is 42.5 Å². The number of benzene rings is 2. The normalized spacial score (nSPS) is 10.7. The average Bonchev–Trinajstić information content (AvgIpc) is 3.02. The number of ether oxygens (including phenoxy) is 1. The molecule has 0 aliphatic carbocycles. The maximum absolute atomic E-state index is 13.9. The van der Waals surface area contributed by atoms with Crippen molar-refractivity contribution in [2.45, 2.75) is 33.6 Å². The number of hydrogen-bond donors (Lipinski definition) is 1. The van der Waals surface area contributed by atoms with Crippen LogP contribution in [-0.2, 0) is 16.0 Å². The van der Waals surface area contributed by atoms with Gasteiger partial charge in [-0.25, -0.2) is 9.07 Å². The minimum atomic E-state index is -0.479. The number of anilines is 1. The van der Waals surface area contributed by atoms with Crippen molar-refractivity contribution in [2.75, 3.05) is 12.4 Å². The monoisotopic (exact) mass is 409 g/mol. The fourth-order valence-electron chi connectivity index (χ4n) is 3.30. The van der Waals surface area contributed by atoms with Crippen LogP contribution in [0, 0.1) is 26.6 Å². The Balaban J connectivity index is 1.78. The van der Waals surface area contributed by atoms with Gasteiger partial charge in [0.05, 0.1) is 24.2 Å². The molecule has 0 radical (unpaired) electrons. The van der Waals surface area contributed by atoms with Crippen molar-refractivity contribution >= 4 is 17.6 Å². The molecule has 0 unspecified atom stereocenters. The third-order valence-corrected chi connectivity index (χ3v) is 4.99. The van der Waals surface area contributed by atoms with Crippen LogP contribution in [0.3, 0.4) is 0 Å². The van der Waals surface area contributed by atoms with E-state index in [1.165, 1.54) is 13.2 Å². The topological polar surface area (TPSA) is 73.2 Å². The number of nitrogens with zero attached hydrogens (tertiary/aromatic N) is 2. The summed E-state index contributed by atoms with van der Waals surface area (Å²) >= 11 is 0. The molecule has 0 spiro atoms. The third-order valence-electron chi connectivity index (χ3n) is 4.99. The summed E-state index contributed by atoms with van der Waals surface area (Å²) in [6, 6.07) is 11.5. The second-order valence-electron chi connectivity index (χ2n) is 7.12. The molecule has 3 aromatic rings. The summed E-state index contributed by atoms with van der Waals surface area (Å²) in [4.78, 5) is 23.9. The van der Waals surface area contributed by atoms with E-state index in [1.54, 1.807) is 41.1 Å². The summed E-state index contributed by atoms with van der Waals surface area (Å²) in [6.07, 6.45) is 0.839. The number of halogens is 1. The molecular weight excluding hydrogens is 385 g/mol. The molecule has 1 amide bonds. The standard InChI is InChI=1S/C23H24FN3O3/c1-14-5-11-20(24)21(13-14)25-23(29)17-6-8-18(9-7-17)27-16(3)19(15(2)26-27)10-12-22(28)30-4/h5-9,11,13H,10,12H2,1-4H3,(H,25,29). The van der Waals surface area contributed by atoms with Crippen molar-refractivity contribution in [1.29, 1.82) is 0 Å². The minimum Gasteiger partial charge on any atom is -0.469 e. The van der Waals surface area contributed by atoms with Gasteiger partial charge in [0.15, 0.2) is 0 Å². The van der Waals surface area contributed by atoms with Gasteiger partial charge in [-0.1, -0.05) is 6.07 Å². The number of methoxy groups -OCH3 is 1. The first kappa shape index (κ1) is 21.2. The summed E-state index contributed by atoms with van der Waals surface area (Å²) in [6.45, 7) is 5.67. The van der Waals surface area contributed by atoms with E-state index in [4.69, 9.17) is 4.74 Å². The molecule has 0 saturated heterocycles. The lowest BCUT2D eigenvalue weighted by Crippen LogP contribution is -2.13. The summed E-state index contributed by atoms with van der Waals surface area (Å²) in [5.74, 6) is -1.13. The van der Waals surface area contributed by atoms with E-state index in [9.17, 15) is 14.0 Å². The molecule has 7 heteroatoms. The number of nitrogens with one attached hydrogen (secondary N) is 1. The van der Waals surface area contributed by atoms with E-state index >= 15 is 0 Å². The van der Waals surface area contributed by atoms with Gasteiger partial charge in [0.1, 0.15) is 5.82 Å². The van der Waals surface area contributed by atoms with Gasteiger partial charge in [0.2, 0.25) is 0 Å².